The van der Waals surface area contributed by atoms with Gasteiger partial charge in [-0.15, -0.1) is 0 Å². The SMILES string of the molecule is COC1=CC=CC=CC1[Si](C)(C)C. The predicted molar refractivity (Wildman–Crippen MR) is 60.5 cm³/mol. The molecule has 1 unspecified atom stereocenters. The summed E-state index contributed by atoms with van der Waals surface area (Å²) in [7, 11) is 0.563. The van der Waals surface area contributed by atoms with E-state index in [0.29, 0.717) is 5.54 Å². The van der Waals surface area contributed by atoms with Crippen molar-refractivity contribution in [3.8, 4) is 0 Å². The van der Waals surface area contributed by atoms with Crippen molar-refractivity contribution >= 4 is 8.07 Å². The third-order valence-corrected chi connectivity index (χ3v) is 4.60. The van der Waals surface area contributed by atoms with Crippen LogP contribution in [0.5, 0.6) is 0 Å². The molecule has 1 nitrogen and oxygen atoms in total. The number of allylic oxidation sites excluding steroid dienone is 5. The molecule has 0 aromatic heterocycles. The maximum atomic E-state index is 5.40. The Balaban J connectivity index is 2.95. The Morgan fingerprint density at radius 2 is 1.85 bits per heavy atom. The summed E-state index contributed by atoms with van der Waals surface area (Å²) in [5.41, 5.74) is 0.507. The zero-order valence-electron chi connectivity index (χ0n) is 8.87. The summed E-state index contributed by atoms with van der Waals surface area (Å²) < 4.78 is 5.40. The van der Waals surface area contributed by atoms with Crippen LogP contribution in [-0.2, 0) is 4.74 Å². The van der Waals surface area contributed by atoms with E-state index in [-0.39, 0.29) is 0 Å². The molecule has 0 amide bonds. The van der Waals surface area contributed by atoms with Crippen molar-refractivity contribution < 1.29 is 4.74 Å². The minimum Gasteiger partial charge on any atom is -0.501 e. The minimum atomic E-state index is -1.19. The Labute approximate surface area is 81.8 Å². The summed E-state index contributed by atoms with van der Waals surface area (Å²) >= 11 is 0. The molecule has 0 fully saturated rings. The number of hydrogen-bond donors (Lipinski definition) is 0. The molecule has 0 aromatic carbocycles. The van der Waals surface area contributed by atoms with Crippen LogP contribution in [-0.4, -0.2) is 15.2 Å². The van der Waals surface area contributed by atoms with Gasteiger partial charge in [0, 0.05) is 5.54 Å². The van der Waals surface area contributed by atoms with Crippen molar-refractivity contribution in [1.29, 1.82) is 0 Å². The number of methoxy groups -OCH3 is 1. The fourth-order valence-corrected chi connectivity index (χ4v) is 3.25. The number of hydrogen-bond acceptors (Lipinski definition) is 1. The molecule has 0 aromatic rings. The van der Waals surface area contributed by atoms with Crippen molar-refractivity contribution in [3.63, 3.8) is 0 Å². The monoisotopic (exact) mass is 194 g/mol. The summed E-state index contributed by atoms with van der Waals surface area (Å²) in [6.07, 6.45) is 10.5. The van der Waals surface area contributed by atoms with Crippen molar-refractivity contribution in [3.05, 3.63) is 36.1 Å². The van der Waals surface area contributed by atoms with Gasteiger partial charge in [0.2, 0.25) is 0 Å². The lowest BCUT2D eigenvalue weighted by Crippen LogP contribution is -2.28. The van der Waals surface area contributed by atoms with Gasteiger partial charge < -0.3 is 4.74 Å². The van der Waals surface area contributed by atoms with Gasteiger partial charge >= 0.3 is 0 Å². The highest BCUT2D eigenvalue weighted by Gasteiger charge is 2.28. The Morgan fingerprint density at radius 1 is 1.15 bits per heavy atom. The molecule has 0 radical (unpaired) electrons. The zero-order valence-corrected chi connectivity index (χ0v) is 9.87. The maximum Gasteiger partial charge on any atom is 0.0996 e. The molecule has 0 spiro atoms. The molecule has 1 atom stereocenters. The molecule has 0 N–H and O–H groups in total. The molecule has 2 heteroatoms. The Kier molecular flexibility index (Phi) is 3.15. The lowest BCUT2D eigenvalue weighted by Gasteiger charge is -2.27. The lowest BCUT2D eigenvalue weighted by atomic mass is 10.3. The largest absolute Gasteiger partial charge is 0.501 e. The van der Waals surface area contributed by atoms with E-state index >= 15 is 0 Å². The van der Waals surface area contributed by atoms with Gasteiger partial charge in [-0.05, 0) is 6.08 Å². The fraction of sp³-hybridized carbons (Fsp3) is 0.455. The Morgan fingerprint density at radius 3 is 2.38 bits per heavy atom. The van der Waals surface area contributed by atoms with Crippen LogP contribution in [0.2, 0.25) is 25.2 Å². The summed E-state index contributed by atoms with van der Waals surface area (Å²) in [5, 5.41) is 0. The van der Waals surface area contributed by atoms with E-state index in [1.807, 2.05) is 6.08 Å². The van der Waals surface area contributed by atoms with E-state index < -0.39 is 8.07 Å². The van der Waals surface area contributed by atoms with Crippen LogP contribution in [0.3, 0.4) is 0 Å². The van der Waals surface area contributed by atoms with Gasteiger partial charge in [-0.3, -0.25) is 0 Å². The van der Waals surface area contributed by atoms with Crippen molar-refractivity contribution in [2.24, 2.45) is 0 Å². The van der Waals surface area contributed by atoms with Gasteiger partial charge in [-0.2, -0.15) is 0 Å². The predicted octanol–water partition coefficient (Wildman–Crippen LogP) is 3.35. The number of rotatable bonds is 2. The highest BCUT2D eigenvalue weighted by Crippen LogP contribution is 2.32. The second-order valence-corrected chi connectivity index (χ2v) is 9.74. The van der Waals surface area contributed by atoms with Gasteiger partial charge in [0.15, 0.2) is 0 Å². The van der Waals surface area contributed by atoms with Crippen LogP contribution in [0.25, 0.3) is 0 Å². The molecule has 72 valence electrons. The summed E-state index contributed by atoms with van der Waals surface area (Å²) in [4.78, 5) is 0. The van der Waals surface area contributed by atoms with Crippen LogP contribution in [0, 0.1) is 0 Å². The topological polar surface area (TPSA) is 9.23 Å². The van der Waals surface area contributed by atoms with E-state index in [1.54, 1.807) is 7.11 Å². The standard InChI is InChI=1S/C11H18OSi/c1-12-10-8-6-5-7-9-11(10)13(2,3)4/h5-9,11H,1-4H3. The fourth-order valence-electron chi connectivity index (χ4n) is 1.50. The smallest absolute Gasteiger partial charge is 0.0996 e. The molecule has 0 heterocycles. The van der Waals surface area contributed by atoms with Crippen molar-refractivity contribution in [2.75, 3.05) is 7.11 Å². The molecule has 1 rings (SSSR count). The molecular weight excluding hydrogens is 176 g/mol. The molecule has 0 saturated heterocycles. The first-order valence-electron chi connectivity index (χ1n) is 4.65. The maximum absolute atomic E-state index is 5.40. The molecule has 0 saturated carbocycles. The van der Waals surface area contributed by atoms with E-state index in [1.165, 1.54) is 0 Å². The first-order valence-corrected chi connectivity index (χ1v) is 8.22. The van der Waals surface area contributed by atoms with Gasteiger partial charge in [0.05, 0.1) is 20.9 Å². The average Bonchev–Trinajstić information content (AvgIpc) is 2.26. The lowest BCUT2D eigenvalue weighted by molar-refractivity contribution is 0.283. The van der Waals surface area contributed by atoms with Crippen LogP contribution >= 0.6 is 0 Å². The van der Waals surface area contributed by atoms with Gasteiger partial charge in [0.25, 0.3) is 0 Å². The van der Waals surface area contributed by atoms with E-state index in [0.717, 1.165) is 5.76 Å². The molecule has 13 heavy (non-hydrogen) atoms. The molecule has 0 aliphatic heterocycles. The van der Waals surface area contributed by atoms with Crippen molar-refractivity contribution in [2.45, 2.75) is 25.2 Å². The molecular formula is C11H18OSi. The average molecular weight is 194 g/mol. The Bertz CT molecular complexity index is 256. The normalized spacial score (nSPS) is 22.5. The van der Waals surface area contributed by atoms with Gasteiger partial charge in [-0.1, -0.05) is 43.9 Å². The summed E-state index contributed by atoms with van der Waals surface area (Å²) in [6, 6.07) is 0. The molecule has 1 aliphatic carbocycles. The quantitative estimate of drug-likeness (QED) is 0.613. The zero-order chi connectivity index (χ0) is 9.90. The Hall–Kier alpha value is -0.763. The third-order valence-electron chi connectivity index (χ3n) is 2.26. The van der Waals surface area contributed by atoms with Crippen LogP contribution in [0.4, 0.5) is 0 Å². The van der Waals surface area contributed by atoms with Gasteiger partial charge in [-0.25, -0.2) is 0 Å². The highest BCUT2D eigenvalue weighted by molar-refractivity contribution is 6.78. The first-order chi connectivity index (χ1) is 6.05. The second kappa shape index (κ2) is 3.96. The highest BCUT2D eigenvalue weighted by atomic mass is 28.3. The first kappa shape index (κ1) is 10.3. The third kappa shape index (κ3) is 2.59. The van der Waals surface area contributed by atoms with E-state index in [2.05, 4.69) is 43.9 Å². The van der Waals surface area contributed by atoms with Gasteiger partial charge in [0.1, 0.15) is 0 Å². The minimum absolute atomic E-state index is 0.507. The molecule has 0 bridgehead atoms. The van der Waals surface area contributed by atoms with Crippen LogP contribution < -0.4 is 0 Å². The summed E-state index contributed by atoms with van der Waals surface area (Å²) in [5.74, 6) is 1.10. The van der Waals surface area contributed by atoms with Crippen molar-refractivity contribution in [1.82, 2.24) is 0 Å². The second-order valence-electron chi connectivity index (χ2n) is 4.39. The van der Waals surface area contributed by atoms with Crippen LogP contribution in [0.15, 0.2) is 36.1 Å². The van der Waals surface area contributed by atoms with E-state index in [4.69, 9.17) is 4.74 Å². The molecule has 1 aliphatic rings. The number of ether oxygens (including phenoxy) is 1. The van der Waals surface area contributed by atoms with E-state index in [9.17, 15) is 0 Å². The summed E-state index contributed by atoms with van der Waals surface area (Å²) in [6.45, 7) is 7.08. The van der Waals surface area contributed by atoms with Crippen LogP contribution in [0.1, 0.15) is 0 Å².